The Morgan fingerprint density at radius 2 is 1.70 bits per heavy atom. The van der Waals surface area contributed by atoms with Crippen LogP contribution in [0, 0.1) is 5.92 Å². The Morgan fingerprint density at radius 3 is 2.10 bits per heavy atom. The molecule has 1 atom stereocenters. The monoisotopic (exact) mass is 291 g/mol. The lowest BCUT2D eigenvalue weighted by Crippen LogP contribution is -2.38. The Bertz CT molecular complexity index is 271. The number of carbonyl (C=O) groups is 3. The second-order valence-electron chi connectivity index (χ2n) is 4.05. The number of aliphatic carboxylic acids is 1. The molecule has 0 saturated heterocycles. The van der Waals surface area contributed by atoms with Crippen LogP contribution in [0.2, 0.25) is 0 Å². The quantitative estimate of drug-likeness (QED) is 0.333. The summed E-state index contributed by atoms with van der Waals surface area (Å²) in [7, 11) is 1.51. The summed E-state index contributed by atoms with van der Waals surface area (Å²) in [5.74, 6) is -1.51. The first kappa shape index (κ1) is 18.3. The number of carbonyl (C=O) groups excluding carboxylic acids is 2. The topological polar surface area (TPSA) is 102 Å². The first-order chi connectivity index (χ1) is 9.65. The van der Waals surface area contributed by atoms with Gasteiger partial charge in [-0.25, -0.2) is 0 Å². The van der Waals surface area contributed by atoms with Gasteiger partial charge in [0.25, 0.3) is 12.9 Å². The zero-order valence-electron chi connectivity index (χ0n) is 11.5. The molecule has 0 aromatic heterocycles. The van der Waals surface area contributed by atoms with Crippen molar-refractivity contribution < 1.29 is 33.7 Å². The minimum atomic E-state index is -0.917. The fourth-order valence-corrected chi connectivity index (χ4v) is 1.62. The molecule has 0 saturated carbocycles. The predicted octanol–water partition coefficient (Wildman–Crippen LogP) is -0.628. The van der Waals surface area contributed by atoms with Gasteiger partial charge in [-0.15, -0.1) is 0 Å². The van der Waals surface area contributed by atoms with Crippen LogP contribution in [0.5, 0.6) is 0 Å². The van der Waals surface area contributed by atoms with Crippen molar-refractivity contribution in [2.45, 2.75) is 6.42 Å². The summed E-state index contributed by atoms with van der Waals surface area (Å²) >= 11 is 0. The van der Waals surface area contributed by atoms with Crippen molar-refractivity contribution in [1.82, 2.24) is 4.90 Å². The maximum atomic E-state index is 11.1. The summed E-state index contributed by atoms with van der Waals surface area (Å²) in [6, 6.07) is 0. The molecule has 0 rings (SSSR count). The number of rotatable bonds is 14. The summed E-state index contributed by atoms with van der Waals surface area (Å²) in [5, 5.41) is 9.13. The average Bonchev–Trinajstić information content (AvgIpc) is 2.42. The third-order valence-electron chi connectivity index (χ3n) is 2.69. The fraction of sp³-hybridized carbons (Fsp3) is 0.750. The third kappa shape index (κ3) is 9.29. The van der Waals surface area contributed by atoms with Crippen molar-refractivity contribution in [3.8, 4) is 0 Å². The molecule has 0 aliphatic heterocycles. The Balaban J connectivity index is 4.33. The lowest BCUT2D eigenvalue weighted by Gasteiger charge is -2.24. The van der Waals surface area contributed by atoms with Crippen LogP contribution in [-0.2, 0) is 28.6 Å². The van der Waals surface area contributed by atoms with Crippen molar-refractivity contribution in [1.29, 1.82) is 0 Å². The van der Waals surface area contributed by atoms with E-state index >= 15 is 0 Å². The molecule has 0 bridgehead atoms. The maximum Gasteiger partial charge on any atom is 0.307 e. The van der Waals surface area contributed by atoms with Gasteiger partial charge in [0.15, 0.2) is 0 Å². The third-order valence-corrected chi connectivity index (χ3v) is 2.69. The number of hydrogen-bond donors (Lipinski definition) is 1. The van der Waals surface area contributed by atoms with Gasteiger partial charge in [0.1, 0.15) is 13.2 Å². The van der Waals surface area contributed by atoms with Crippen LogP contribution in [-0.4, -0.2) is 75.5 Å². The fourth-order valence-electron chi connectivity index (χ4n) is 1.62. The SMILES string of the molecule is COCCC(CN(CCOC=O)CCOC=O)C(=O)O. The average molecular weight is 291 g/mol. The van der Waals surface area contributed by atoms with Gasteiger partial charge in [0, 0.05) is 33.4 Å². The first-order valence-electron chi connectivity index (χ1n) is 6.20. The van der Waals surface area contributed by atoms with E-state index in [0.717, 1.165) is 0 Å². The van der Waals surface area contributed by atoms with E-state index in [2.05, 4.69) is 9.47 Å². The van der Waals surface area contributed by atoms with E-state index in [0.29, 0.717) is 39.1 Å². The Kier molecular flexibility index (Phi) is 11.3. The summed E-state index contributed by atoms with van der Waals surface area (Å²) < 4.78 is 14.1. The lowest BCUT2D eigenvalue weighted by atomic mass is 10.1. The van der Waals surface area contributed by atoms with Gasteiger partial charge in [0.2, 0.25) is 0 Å². The second kappa shape index (κ2) is 12.4. The molecule has 0 heterocycles. The van der Waals surface area contributed by atoms with Crippen LogP contribution in [0.25, 0.3) is 0 Å². The summed E-state index contributed by atoms with van der Waals surface area (Å²) in [4.78, 5) is 33.1. The summed E-state index contributed by atoms with van der Waals surface area (Å²) in [6.45, 7) is 2.33. The summed E-state index contributed by atoms with van der Waals surface area (Å²) in [6.07, 6.45) is 0.380. The van der Waals surface area contributed by atoms with E-state index in [4.69, 9.17) is 9.84 Å². The van der Waals surface area contributed by atoms with Gasteiger partial charge in [-0.2, -0.15) is 0 Å². The standard InChI is InChI=1S/C12H21NO7/c1-18-5-2-11(12(16)17)8-13(3-6-19-9-14)4-7-20-10-15/h9-11H,2-8H2,1H3,(H,16,17). The molecule has 0 radical (unpaired) electrons. The molecule has 1 N–H and O–H groups in total. The molecular weight excluding hydrogens is 270 g/mol. The largest absolute Gasteiger partial charge is 0.481 e. The summed E-state index contributed by atoms with van der Waals surface area (Å²) in [5.41, 5.74) is 0. The molecule has 0 amide bonds. The normalized spacial score (nSPS) is 11.9. The predicted molar refractivity (Wildman–Crippen MR) is 68.1 cm³/mol. The van der Waals surface area contributed by atoms with Crippen LogP contribution >= 0.6 is 0 Å². The van der Waals surface area contributed by atoms with E-state index < -0.39 is 11.9 Å². The van der Waals surface area contributed by atoms with Crippen molar-refractivity contribution >= 4 is 18.9 Å². The molecular formula is C12H21NO7. The van der Waals surface area contributed by atoms with Crippen LogP contribution < -0.4 is 0 Å². The molecule has 20 heavy (non-hydrogen) atoms. The smallest absolute Gasteiger partial charge is 0.307 e. The van der Waals surface area contributed by atoms with Crippen LogP contribution in [0.3, 0.4) is 0 Å². The Hall–Kier alpha value is -1.67. The van der Waals surface area contributed by atoms with Gasteiger partial charge in [0.05, 0.1) is 5.92 Å². The van der Waals surface area contributed by atoms with E-state index in [1.54, 1.807) is 4.90 Å². The Morgan fingerprint density at radius 1 is 1.15 bits per heavy atom. The maximum absolute atomic E-state index is 11.1. The molecule has 0 aliphatic carbocycles. The van der Waals surface area contributed by atoms with Crippen LogP contribution in [0.15, 0.2) is 0 Å². The van der Waals surface area contributed by atoms with Crippen molar-refractivity contribution in [2.75, 3.05) is 46.6 Å². The van der Waals surface area contributed by atoms with E-state index in [1.807, 2.05) is 0 Å². The number of methoxy groups -OCH3 is 1. The molecule has 8 nitrogen and oxygen atoms in total. The molecule has 0 aromatic carbocycles. The number of ether oxygens (including phenoxy) is 3. The second-order valence-corrected chi connectivity index (χ2v) is 4.05. The number of carboxylic acids is 1. The van der Waals surface area contributed by atoms with Gasteiger partial charge >= 0.3 is 5.97 Å². The first-order valence-corrected chi connectivity index (χ1v) is 6.20. The van der Waals surface area contributed by atoms with Gasteiger partial charge in [-0.1, -0.05) is 0 Å². The van der Waals surface area contributed by atoms with Crippen LogP contribution in [0.4, 0.5) is 0 Å². The molecule has 0 spiro atoms. The van der Waals surface area contributed by atoms with Crippen molar-refractivity contribution in [2.24, 2.45) is 5.92 Å². The molecule has 116 valence electrons. The highest BCUT2D eigenvalue weighted by Crippen LogP contribution is 2.07. The van der Waals surface area contributed by atoms with E-state index in [9.17, 15) is 14.4 Å². The van der Waals surface area contributed by atoms with Gasteiger partial charge in [-0.3, -0.25) is 19.3 Å². The number of nitrogens with zero attached hydrogens (tertiary/aromatic N) is 1. The molecule has 0 aromatic rings. The molecule has 0 aliphatic rings. The van der Waals surface area contributed by atoms with Crippen LogP contribution in [0.1, 0.15) is 6.42 Å². The Labute approximate surface area is 117 Å². The highest BCUT2D eigenvalue weighted by Gasteiger charge is 2.20. The zero-order valence-corrected chi connectivity index (χ0v) is 11.5. The number of hydrogen-bond acceptors (Lipinski definition) is 7. The van der Waals surface area contributed by atoms with E-state index in [-0.39, 0.29) is 19.8 Å². The minimum Gasteiger partial charge on any atom is -0.481 e. The van der Waals surface area contributed by atoms with Crippen molar-refractivity contribution in [3.63, 3.8) is 0 Å². The van der Waals surface area contributed by atoms with Gasteiger partial charge in [-0.05, 0) is 6.42 Å². The van der Waals surface area contributed by atoms with Crippen molar-refractivity contribution in [3.05, 3.63) is 0 Å². The molecule has 8 heteroatoms. The highest BCUT2D eigenvalue weighted by molar-refractivity contribution is 5.70. The molecule has 0 fully saturated rings. The lowest BCUT2D eigenvalue weighted by molar-refractivity contribution is -0.143. The highest BCUT2D eigenvalue weighted by atomic mass is 16.5. The number of carboxylic acid groups (broad SMARTS) is 1. The minimum absolute atomic E-state index is 0.154. The molecule has 1 unspecified atom stereocenters. The van der Waals surface area contributed by atoms with E-state index in [1.165, 1.54) is 7.11 Å². The zero-order chi connectivity index (χ0) is 15.2. The van der Waals surface area contributed by atoms with Gasteiger partial charge < -0.3 is 19.3 Å².